The van der Waals surface area contributed by atoms with Crippen LogP contribution in [0.5, 0.6) is 0 Å². The summed E-state index contributed by atoms with van der Waals surface area (Å²) in [6, 6.07) is 8.65. The number of carbonyl (C=O) groups is 1. The number of halogens is 3. The lowest BCUT2D eigenvalue weighted by Crippen LogP contribution is -2.12. The summed E-state index contributed by atoms with van der Waals surface area (Å²) >= 11 is 11.4. The minimum Gasteiger partial charge on any atom is -0.307 e. The lowest BCUT2D eigenvalue weighted by molar-refractivity contribution is 0.102. The molecule has 1 heterocycles. The van der Waals surface area contributed by atoms with E-state index in [9.17, 15) is 4.79 Å². The van der Waals surface area contributed by atoms with E-state index < -0.39 is 0 Å². The molecule has 0 saturated carbocycles. The first-order valence-electron chi connectivity index (χ1n) is 4.94. The van der Waals surface area contributed by atoms with Crippen molar-refractivity contribution in [2.24, 2.45) is 0 Å². The van der Waals surface area contributed by atoms with E-state index in [-0.39, 0.29) is 5.91 Å². The van der Waals surface area contributed by atoms with Crippen LogP contribution in [0.3, 0.4) is 0 Å². The third-order valence-corrected chi connectivity index (χ3v) is 4.02. The molecule has 1 aromatic heterocycles. The van der Waals surface area contributed by atoms with Crippen LogP contribution in [0.2, 0.25) is 5.02 Å². The fourth-order valence-corrected chi connectivity index (χ4v) is 2.02. The first-order chi connectivity index (χ1) is 8.56. The number of pyridine rings is 1. The van der Waals surface area contributed by atoms with Crippen LogP contribution in [-0.4, -0.2) is 10.9 Å². The second-order valence-electron chi connectivity index (χ2n) is 3.44. The number of aromatic nitrogens is 1. The van der Waals surface area contributed by atoms with Gasteiger partial charge in [0.2, 0.25) is 0 Å². The lowest BCUT2D eigenvalue weighted by atomic mass is 10.2. The number of benzene rings is 1. The van der Waals surface area contributed by atoms with Gasteiger partial charge in [-0.3, -0.25) is 4.79 Å². The standard InChI is InChI=1S/C12H7BrClIN2O/c13-9-3-1-7(5-10(9)14)12(18)17-11-4-2-8(15)6-16-11/h1-6H,(H,16,17,18). The SMILES string of the molecule is O=C(Nc1ccc(I)cn1)c1ccc(Br)c(Cl)c1. The van der Waals surface area contributed by atoms with Gasteiger partial charge in [0.05, 0.1) is 5.02 Å². The largest absolute Gasteiger partial charge is 0.307 e. The average Bonchev–Trinajstić information content (AvgIpc) is 2.35. The molecule has 0 aliphatic carbocycles. The number of nitrogens with one attached hydrogen (secondary N) is 1. The van der Waals surface area contributed by atoms with Gasteiger partial charge in [-0.05, 0) is 68.9 Å². The summed E-state index contributed by atoms with van der Waals surface area (Å²) < 4.78 is 1.77. The first-order valence-corrected chi connectivity index (χ1v) is 7.19. The zero-order valence-corrected chi connectivity index (χ0v) is 13.5. The van der Waals surface area contributed by atoms with E-state index in [1.54, 1.807) is 30.5 Å². The highest BCUT2D eigenvalue weighted by Crippen LogP contribution is 2.23. The van der Waals surface area contributed by atoms with Gasteiger partial charge in [-0.15, -0.1) is 0 Å². The summed E-state index contributed by atoms with van der Waals surface area (Å²) in [5.41, 5.74) is 0.489. The molecule has 2 aromatic rings. The second-order valence-corrected chi connectivity index (χ2v) is 5.95. The minimum atomic E-state index is -0.238. The molecule has 92 valence electrons. The Morgan fingerprint density at radius 1 is 1.33 bits per heavy atom. The van der Waals surface area contributed by atoms with E-state index in [0.29, 0.717) is 16.4 Å². The Kier molecular flexibility index (Phi) is 4.58. The van der Waals surface area contributed by atoms with Gasteiger partial charge in [0.1, 0.15) is 5.82 Å². The highest BCUT2D eigenvalue weighted by atomic mass is 127. The second kappa shape index (κ2) is 5.99. The zero-order chi connectivity index (χ0) is 13.1. The molecule has 0 spiro atoms. The minimum absolute atomic E-state index is 0.238. The molecule has 0 fully saturated rings. The molecule has 1 amide bonds. The summed E-state index contributed by atoms with van der Waals surface area (Å²) in [5, 5.41) is 3.20. The molecule has 0 bridgehead atoms. The number of amides is 1. The molecule has 0 saturated heterocycles. The topological polar surface area (TPSA) is 42.0 Å². The van der Waals surface area contributed by atoms with E-state index in [4.69, 9.17) is 11.6 Å². The van der Waals surface area contributed by atoms with Crippen molar-refractivity contribution in [2.75, 3.05) is 5.32 Å². The van der Waals surface area contributed by atoms with Gasteiger partial charge in [-0.2, -0.15) is 0 Å². The number of hydrogen-bond donors (Lipinski definition) is 1. The summed E-state index contributed by atoms with van der Waals surface area (Å²) in [4.78, 5) is 16.0. The molecule has 0 aliphatic heterocycles. The van der Waals surface area contributed by atoms with Crippen molar-refractivity contribution in [1.82, 2.24) is 4.98 Å². The third-order valence-electron chi connectivity index (χ3n) is 2.15. The summed E-state index contributed by atoms with van der Waals surface area (Å²) in [6.45, 7) is 0. The van der Waals surface area contributed by atoms with Gasteiger partial charge in [-0.25, -0.2) is 4.98 Å². The fraction of sp³-hybridized carbons (Fsp3) is 0. The Morgan fingerprint density at radius 3 is 2.72 bits per heavy atom. The number of nitrogens with zero attached hydrogens (tertiary/aromatic N) is 1. The number of anilines is 1. The van der Waals surface area contributed by atoms with E-state index in [2.05, 4.69) is 48.8 Å². The maximum atomic E-state index is 11.9. The highest BCUT2D eigenvalue weighted by molar-refractivity contribution is 14.1. The Hall–Kier alpha value is -0.660. The zero-order valence-electron chi connectivity index (χ0n) is 8.95. The van der Waals surface area contributed by atoms with Crippen molar-refractivity contribution in [2.45, 2.75) is 0 Å². The van der Waals surface area contributed by atoms with Crippen LogP contribution < -0.4 is 5.32 Å². The smallest absolute Gasteiger partial charge is 0.256 e. The van der Waals surface area contributed by atoms with Crippen LogP contribution in [0, 0.1) is 3.57 Å². The van der Waals surface area contributed by atoms with Crippen LogP contribution in [0.1, 0.15) is 10.4 Å². The molecule has 3 nitrogen and oxygen atoms in total. The molecule has 18 heavy (non-hydrogen) atoms. The summed E-state index contributed by atoms with van der Waals surface area (Å²) in [6.07, 6.45) is 1.69. The molecule has 6 heteroatoms. The van der Waals surface area contributed by atoms with Gasteiger partial charge in [0, 0.05) is 19.8 Å². The van der Waals surface area contributed by atoms with Crippen LogP contribution in [-0.2, 0) is 0 Å². The van der Waals surface area contributed by atoms with E-state index >= 15 is 0 Å². The third kappa shape index (κ3) is 3.43. The average molecular weight is 437 g/mol. The van der Waals surface area contributed by atoms with E-state index in [0.717, 1.165) is 8.04 Å². The molecule has 0 radical (unpaired) electrons. The van der Waals surface area contributed by atoms with Crippen LogP contribution in [0.15, 0.2) is 41.0 Å². The predicted octanol–water partition coefficient (Wildman–Crippen LogP) is 4.35. The Bertz CT molecular complexity index is 589. The molecule has 2 rings (SSSR count). The molecular weight excluding hydrogens is 430 g/mol. The molecule has 0 unspecified atom stereocenters. The van der Waals surface area contributed by atoms with Crippen molar-refractivity contribution >= 4 is 61.8 Å². The maximum Gasteiger partial charge on any atom is 0.256 e. The van der Waals surface area contributed by atoms with Gasteiger partial charge in [0.15, 0.2) is 0 Å². The Balaban J connectivity index is 2.16. The first kappa shape index (κ1) is 13.8. The summed E-state index contributed by atoms with van der Waals surface area (Å²) in [5.74, 6) is 0.276. The predicted molar refractivity (Wildman–Crippen MR) is 84.1 cm³/mol. The normalized spacial score (nSPS) is 10.2. The van der Waals surface area contributed by atoms with Crippen molar-refractivity contribution in [1.29, 1.82) is 0 Å². The maximum absolute atomic E-state index is 11.9. The van der Waals surface area contributed by atoms with Crippen molar-refractivity contribution in [3.05, 3.63) is 55.2 Å². The van der Waals surface area contributed by atoms with Crippen LogP contribution in [0.25, 0.3) is 0 Å². The molecular formula is C12H7BrClIN2O. The molecule has 0 aliphatic rings. The number of hydrogen-bond acceptors (Lipinski definition) is 2. The number of carbonyl (C=O) groups excluding carboxylic acids is 1. The lowest BCUT2D eigenvalue weighted by Gasteiger charge is -2.05. The number of rotatable bonds is 2. The van der Waals surface area contributed by atoms with Gasteiger partial charge >= 0.3 is 0 Å². The van der Waals surface area contributed by atoms with E-state index in [1.807, 2.05) is 6.07 Å². The van der Waals surface area contributed by atoms with Crippen molar-refractivity contribution in [3.8, 4) is 0 Å². The quantitative estimate of drug-likeness (QED) is 0.710. The van der Waals surface area contributed by atoms with Gasteiger partial charge < -0.3 is 5.32 Å². The molecule has 1 N–H and O–H groups in total. The van der Waals surface area contributed by atoms with Crippen molar-refractivity contribution in [3.63, 3.8) is 0 Å². The van der Waals surface area contributed by atoms with E-state index in [1.165, 1.54) is 0 Å². The van der Waals surface area contributed by atoms with Crippen LogP contribution >= 0.6 is 50.1 Å². The van der Waals surface area contributed by atoms with Crippen LogP contribution in [0.4, 0.5) is 5.82 Å². The van der Waals surface area contributed by atoms with Gasteiger partial charge in [-0.1, -0.05) is 11.6 Å². The Morgan fingerprint density at radius 2 is 2.11 bits per heavy atom. The molecule has 0 atom stereocenters. The Labute approximate surface area is 131 Å². The highest BCUT2D eigenvalue weighted by Gasteiger charge is 2.08. The van der Waals surface area contributed by atoms with Crippen molar-refractivity contribution < 1.29 is 4.79 Å². The summed E-state index contributed by atoms with van der Waals surface area (Å²) in [7, 11) is 0. The molecule has 1 aromatic carbocycles. The monoisotopic (exact) mass is 436 g/mol. The fourth-order valence-electron chi connectivity index (χ4n) is 1.28. The van der Waals surface area contributed by atoms with Gasteiger partial charge in [0.25, 0.3) is 5.91 Å².